The highest BCUT2D eigenvalue weighted by Gasteiger charge is 2.27. The molecule has 0 radical (unpaired) electrons. The normalized spacial score (nSPS) is 11.8. The van der Waals surface area contributed by atoms with Crippen molar-refractivity contribution in [3.8, 4) is 0 Å². The summed E-state index contributed by atoms with van der Waals surface area (Å²) in [5.41, 5.74) is 0.839. The Morgan fingerprint density at radius 3 is 2.72 bits per heavy atom. The van der Waals surface area contributed by atoms with Gasteiger partial charge < -0.3 is 5.32 Å². The third-order valence-corrected chi connectivity index (χ3v) is 3.82. The van der Waals surface area contributed by atoms with E-state index in [1.54, 1.807) is 16.8 Å². The van der Waals surface area contributed by atoms with Crippen LogP contribution >= 0.6 is 11.6 Å². The zero-order valence-electron chi connectivity index (χ0n) is 13.6. The first kappa shape index (κ1) is 19.3. The molecule has 5 nitrogen and oxygen atoms in total. The zero-order chi connectivity index (χ0) is 18.4. The summed E-state index contributed by atoms with van der Waals surface area (Å²) in [7, 11) is 1.46. The molecule has 9 heteroatoms. The summed E-state index contributed by atoms with van der Waals surface area (Å²) < 4.78 is 38.2. The molecule has 1 N–H and O–H groups in total. The highest BCUT2D eigenvalue weighted by Crippen LogP contribution is 2.20. The minimum absolute atomic E-state index is 0.145. The van der Waals surface area contributed by atoms with Crippen LogP contribution in [0.3, 0.4) is 0 Å². The Hall–Kier alpha value is -2.06. The first-order valence-corrected chi connectivity index (χ1v) is 7.93. The van der Waals surface area contributed by atoms with E-state index in [1.807, 2.05) is 18.2 Å². The lowest BCUT2D eigenvalue weighted by Gasteiger charge is -2.17. The van der Waals surface area contributed by atoms with Gasteiger partial charge in [0, 0.05) is 17.6 Å². The number of rotatable bonds is 7. The molecule has 0 aliphatic carbocycles. The topological polar surface area (TPSA) is 50.2 Å². The predicted octanol–water partition coefficient (Wildman–Crippen LogP) is 3.41. The number of carbonyl (C=O) groups excluding carboxylic acids is 1. The SMILES string of the molecule is CN(CCC(F)(F)F)CC(=O)Nc1ccnn1Cc1ccccc1Cl. The van der Waals surface area contributed by atoms with Gasteiger partial charge in [-0.25, -0.2) is 4.68 Å². The molecule has 0 atom stereocenters. The lowest BCUT2D eigenvalue weighted by Crippen LogP contribution is -2.33. The van der Waals surface area contributed by atoms with E-state index in [-0.39, 0.29) is 13.1 Å². The highest BCUT2D eigenvalue weighted by molar-refractivity contribution is 6.31. The van der Waals surface area contributed by atoms with Gasteiger partial charge in [0.15, 0.2) is 0 Å². The number of nitrogens with one attached hydrogen (secondary N) is 1. The number of likely N-dealkylation sites (N-methyl/N-ethyl adjacent to an activating group) is 1. The second-order valence-electron chi connectivity index (χ2n) is 5.62. The molecule has 0 saturated carbocycles. The monoisotopic (exact) mass is 374 g/mol. The molecule has 0 aliphatic rings. The molecule has 2 aromatic rings. The van der Waals surface area contributed by atoms with Gasteiger partial charge in [0.1, 0.15) is 5.82 Å². The van der Waals surface area contributed by atoms with Crippen LogP contribution in [0.5, 0.6) is 0 Å². The fraction of sp³-hybridized carbons (Fsp3) is 0.375. The molecule has 0 fully saturated rings. The van der Waals surface area contributed by atoms with Crippen molar-refractivity contribution in [1.82, 2.24) is 14.7 Å². The van der Waals surface area contributed by atoms with Crippen molar-refractivity contribution in [1.29, 1.82) is 0 Å². The zero-order valence-corrected chi connectivity index (χ0v) is 14.3. The Bertz CT molecular complexity index is 717. The fourth-order valence-electron chi connectivity index (χ4n) is 2.18. The summed E-state index contributed by atoms with van der Waals surface area (Å²) in [6.07, 6.45) is -3.67. The summed E-state index contributed by atoms with van der Waals surface area (Å²) in [4.78, 5) is 13.3. The lowest BCUT2D eigenvalue weighted by molar-refractivity contribution is -0.138. The summed E-state index contributed by atoms with van der Waals surface area (Å²) in [5.74, 6) is 0.0414. The van der Waals surface area contributed by atoms with Crippen molar-refractivity contribution in [2.45, 2.75) is 19.1 Å². The van der Waals surface area contributed by atoms with Gasteiger partial charge in [-0.3, -0.25) is 9.69 Å². The van der Waals surface area contributed by atoms with Crippen LogP contribution in [0.15, 0.2) is 36.5 Å². The van der Waals surface area contributed by atoms with Gasteiger partial charge in [0.05, 0.1) is 25.7 Å². The van der Waals surface area contributed by atoms with E-state index in [4.69, 9.17) is 11.6 Å². The molecule has 25 heavy (non-hydrogen) atoms. The maximum Gasteiger partial charge on any atom is 0.390 e. The standard InChI is InChI=1S/C16H18ClF3N4O/c1-23(9-7-16(18,19)20)11-15(25)22-14-6-8-21-24(14)10-12-4-2-3-5-13(12)17/h2-6,8H,7,9-11H2,1H3,(H,22,25). The maximum atomic E-state index is 12.2. The lowest BCUT2D eigenvalue weighted by atomic mass is 10.2. The molecular weight excluding hydrogens is 357 g/mol. The smallest absolute Gasteiger partial charge is 0.310 e. The van der Waals surface area contributed by atoms with Gasteiger partial charge in [-0.1, -0.05) is 29.8 Å². The van der Waals surface area contributed by atoms with Crippen LogP contribution in [0.4, 0.5) is 19.0 Å². The van der Waals surface area contributed by atoms with Crippen LogP contribution < -0.4 is 5.32 Å². The quantitative estimate of drug-likeness (QED) is 0.808. The number of carbonyl (C=O) groups is 1. The van der Waals surface area contributed by atoms with Crippen LogP contribution in [0.1, 0.15) is 12.0 Å². The van der Waals surface area contributed by atoms with Crippen molar-refractivity contribution in [2.24, 2.45) is 0 Å². The Morgan fingerprint density at radius 2 is 2.04 bits per heavy atom. The number of hydrogen-bond acceptors (Lipinski definition) is 3. The summed E-state index contributed by atoms with van der Waals surface area (Å²) in [6.45, 7) is -0.0185. The van der Waals surface area contributed by atoms with E-state index in [1.165, 1.54) is 18.1 Å². The Kier molecular flexibility index (Phi) is 6.44. The largest absolute Gasteiger partial charge is 0.390 e. The number of alkyl halides is 3. The molecule has 1 aromatic heterocycles. The third-order valence-electron chi connectivity index (χ3n) is 3.45. The van der Waals surface area contributed by atoms with Gasteiger partial charge >= 0.3 is 6.18 Å². The average molecular weight is 375 g/mol. The first-order valence-electron chi connectivity index (χ1n) is 7.55. The Balaban J connectivity index is 1.92. The minimum atomic E-state index is -4.24. The van der Waals surface area contributed by atoms with Gasteiger partial charge in [0.2, 0.25) is 5.91 Å². The van der Waals surface area contributed by atoms with E-state index in [2.05, 4.69) is 10.4 Å². The highest BCUT2D eigenvalue weighted by atomic mass is 35.5. The summed E-state index contributed by atoms with van der Waals surface area (Å²) in [6, 6.07) is 8.88. The minimum Gasteiger partial charge on any atom is -0.310 e. The van der Waals surface area contributed by atoms with E-state index >= 15 is 0 Å². The van der Waals surface area contributed by atoms with Crippen LogP contribution in [-0.2, 0) is 11.3 Å². The number of hydrogen-bond donors (Lipinski definition) is 1. The molecule has 0 bridgehead atoms. The van der Waals surface area contributed by atoms with E-state index in [9.17, 15) is 18.0 Å². The number of nitrogens with zero attached hydrogens (tertiary/aromatic N) is 3. The molecule has 0 spiro atoms. The molecular formula is C16H18ClF3N4O. The molecule has 0 aliphatic heterocycles. The van der Waals surface area contributed by atoms with Crippen LogP contribution in [0.25, 0.3) is 0 Å². The number of benzene rings is 1. The van der Waals surface area contributed by atoms with Crippen LogP contribution in [0, 0.1) is 0 Å². The molecule has 136 valence electrons. The van der Waals surface area contributed by atoms with E-state index in [0.29, 0.717) is 17.4 Å². The average Bonchev–Trinajstić information content (AvgIpc) is 2.94. The first-order chi connectivity index (χ1) is 11.7. The predicted molar refractivity (Wildman–Crippen MR) is 89.6 cm³/mol. The Labute approximate surface area is 148 Å². The van der Waals surface area contributed by atoms with E-state index in [0.717, 1.165) is 5.56 Å². The van der Waals surface area contributed by atoms with Crippen LogP contribution in [-0.4, -0.2) is 46.9 Å². The molecule has 1 amide bonds. The van der Waals surface area contributed by atoms with E-state index < -0.39 is 18.5 Å². The van der Waals surface area contributed by atoms with Gasteiger partial charge in [0.25, 0.3) is 0 Å². The second kappa shape index (κ2) is 8.35. The van der Waals surface area contributed by atoms with Crippen molar-refractivity contribution >= 4 is 23.3 Å². The maximum absolute atomic E-state index is 12.2. The number of aromatic nitrogens is 2. The molecule has 1 aromatic carbocycles. The van der Waals surface area contributed by atoms with Crippen molar-refractivity contribution < 1.29 is 18.0 Å². The molecule has 0 saturated heterocycles. The van der Waals surface area contributed by atoms with Crippen molar-refractivity contribution in [2.75, 3.05) is 25.5 Å². The number of anilines is 1. The molecule has 1 heterocycles. The molecule has 2 rings (SSSR count). The van der Waals surface area contributed by atoms with Gasteiger partial charge in [-0.05, 0) is 18.7 Å². The third kappa shape index (κ3) is 6.39. The molecule has 0 unspecified atom stereocenters. The second-order valence-corrected chi connectivity index (χ2v) is 6.02. The number of halogens is 4. The fourth-order valence-corrected chi connectivity index (χ4v) is 2.37. The van der Waals surface area contributed by atoms with Gasteiger partial charge in [-0.2, -0.15) is 18.3 Å². The van der Waals surface area contributed by atoms with Crippen LogP contribution in [0.2, 0.25) is 5.02 Å². The number of amides is 1. The summed E-state index contributed by atoms with van der Waals surface area (Å²) in [5, 5.41) is 7.37. The van der Waals surface area contributed by atoms with Gasteiger partial charge in [-0.15, -0.1) is 0 Å². The Morgan fingerprint density at radius 1 is 1.32 bits per heavy atom. The van der Waals surface area contributed by atoms with Crippen molar-refractivity contribution in [3.63, 3.8) is 0 Å². The van der Waals surface area contributed by atoms with Crippen molar-refractivity contribution in [3.05, 3.63) is 47.1 Å². The summed E-state index contributed by atoms with van der Waals surface area (Å²) >= 11 is 6.11.